The van der Waals surface area contributed by atoms with E-state index >= 15 is 0 Å². The smallest absolute Gasteiger partial charge is 0.127 e. The molecule has 0 aliphatic carbocycles. The van der Waals surface area contributed by atoms with Crippen LogP contribution in [0.1, 0.15) is 18.9 Å². The number of halogens is 2. The summed E-state index contributed by atoms with van der Waals surface area (Å²) in [6.45, 7) is 3.80. The summed E-state index contributed by atoms with van der Waals surface area (Å²) in [7, 11) is 1.65. The summed E-state index contributed by atoms with van der Waals surface area (Å²) < 4.78 is 19.3. The first-order chi connectivity index (χ1) is 8.94. The van der Waals surface area contributed by atoms with Gasteiger partial charge in [-0.25, -0.2) is 4.39 Å². The maximum Gasteiger partial charge on any atom is 0.127 e. The van der Waals surface area contributed by atoms with Crippen molar-refractivity contribution in [3.05, 3.63) is 34.1 Å². The van der Waals surface area contributed by atoms with Gasteiger partial charge in [-0.15, -0.1) is 0 Å². The van der Waals surface area contributed by atoms with Crippen LogP contribution in [0.4, 0.5) is 4.39 Å². The van der Waals surface area contributed by atoms with Gasteiger partial charge in [-0.2, -0.15) is 0 Å². The number of ether oxygens (including phenoxy) is 1. The molecule has 0 radical (unpaired) electrons. The summed E-state index contributed by atoms with van der Waals surface area (Å²) >= 11 is 3.22. The van der Waals surface area contributed by atoms with Crippen molar-refractivity contribution in [2.45, 2.75) is 25.4 Å². The molecule has 108 valence electrons. The Bertz CT molecular complexity index is 399. The van der Waals surface area contributed by atoms with Crippen molar-refractivity contribution in [1.82, 2.24) is 5.32 Å². The molecule has 3 nitrogen and oxygen atoms in total. The van der Waals surface area contributed by atoms with Gasteiger partial charge < -0.3 is 15.2 Å². The van der Waals surface area contributed by atoms with E-state index in [4.69, 9.17) is 4.74 Å². The van der Waals surface area contributed by atoms with E-state index in [0.717, 1.165) is 6.54 Å². The fourth-order valence-electron chi connectivity index (χ4n) is 1.82. The van der Waals surface area contributed by atoms with Crippen LogP contribution in [0.2, 0.25) is 0 Å². The van der Waals surface area contributed by atoms with Crippen LogP contribution >= 0.6 is 15.9 Å². The molecule has 0 spiro atoms. The molecular weight excluding hydrogens is 313 g/mol. The van der Waals surface area contributed by atoms with Crippen molar-refractivity contribution in [2.24, 2.45) is 0 Å². The number of benzene rings is 1. The largest absolute Gasteiger partial charge is 0.390 e. The van der Waals surface area contributed by atoms with E-state index in [1.807, 2.05) is 0 Å². The summed E-state index contributed by atoms with van der Waals surface area (Å²) in [5.41, 5.74) is -0.389. The van der Waals surface area contributed by atoms with Crippen LogP contribution in [0.25, 0.3) is 0 Å². The van der Waals surface area contributed by atoms with Crippen LogP contribution in [0, 0.1) is 5.82 Å². The Morgan fingerprint density at radius 3 is 2.79 bits per heavy atom. The normalized spacial score (nSPS) is 14.4. The van der Waals surface area contributed by atoms with Crippen molar-refractivity contribution in [3.8, 4) is 0 Å². The van der Waals surface area contributed by atoms with Gasteiger partial charge in [-0.3, -0.25) is 0 Å². The number of hydrogen-bond acceptors (Lipinski definition) is 3. The Morgan fingerprint density at radius 2 is 2.16 bits per heavy atom. The minimum absolute atomic E-state index is 0.290. The van der Waals surface area contributed by atoms with Crippen molar-refractivity contribution < 1.29 is 14.2 Å². The molecule has 19 heavy (non-hydrogen) atoms. The molecule has 0 heterocycles. The molecule has 0 saturated carbocycles. The van der Waals surface area contributed by atoms with Crippen LogP contribution in [0.5, 0.6) is 0 Å². The van der Waals surface area contributed by atoms with Gasteiger partial charge in [0.25, 0.3) is 0 Å². The molecule has 0 amide bonds. The second-order valence-corrected chi connectivity index (χ2v) is 5.82. The van der Waals surface area contributed by atoms with Crippen LogP contribution in [-0.2, 0) is 11.2 Å². The molecular formula is C14H21BrFNO2. The van der Waals surface area contributed by atoms with Gasteiger partial charge in [0.15, 0.2) is 0 Å². The van der Waals surface area contributed by atoms with E-state index in [2.05, 4.69) is 21.2 Å². The minimum atomic E-state index is -0.922. The average molecular weight is 334 g/mol. The lowest BCUT2D eigenvalue weighted by Gasteiger charge is -2.24. The Labute approximate surface area is 122 Å². The third-order valence-corrected chi connectivity index (χ3v) is 3.40. The topological polar surface area (TPSA) is 41.5 Å². The van der Waals surface area contributed by atoms with E-state index in [1.54, 1.807) is 26.2 Å². The second kappa shape index (κ2) is 7.94. The summed E-state index contributed by atoms with van der Waals surface area (Å²) in [5.74, 6) is -0.290. The standard InChI is InChI=1S/C14H21BrFNO2/c1-14(18,5-6-17-7-8-19-2)10-11-3-4-12(15)9-13(11)16/h3-4,9,17-18H,5-8,10H2,1-2H3. The summed E-state index contributed by atoms with van der Waals surface area (Å²) in [4.78, 5) is 0. The monoisotopic (exact) mass is 333 g/mol. The van der Waals surface area contributed by atoms with E-state index in [1.165, 1.54) is 6.07 Å². The van der Waals surface area contributed by atoms with Crippen LogP contribution in [-0.4, -0.2) is 37.5 Å². The lowest BCUT2D eigenvalue weighted by molar-refractivity contribution is 0.0502. The zero-order valence-corrected chi connectivity index (χ0v) is 13.0. The van der Waals surface area contributed by atoms with Gasteiger partial charge in [-0.05, 0) is 37.6 Å². The minimum Gasteiger partial charge on any atom is -0.390 e. The molecule has 0 bridgehead atoms. The van der Waals surface area contributed by atoms with Gasteiger partial charge in [0.1, 0.15) is 5.82 Å². The average Bonchev–Trinajstić information content (AvgIpc) is 2.32. The highest BCUT2D eigenvalue weighted by atomic mass is 79.9. The second-order valence-electron chi connectivity index (χ2n) is 4.90. The number of aliphatic hydroxyl groups is 1. The highest BCUT2D eigenvalue weighted by Gasteiger charge is 2.22. The third kappa shape index (κ3) is 6.47. The third-order valence-electron chi connectivity index (χ3n) is 2.91. The van der Waals surface area contributed by atoms with Crippen LogP contribution in [0.15, 0.2) is 22.7 Å². The highest BCUT2D eigenvalue weighted by molar-refractivity contribution is 9.10. The first-order valence-electron chi connectivity index (χ1n) is 6.30. The molecule has 1 aromatic carbocycles. The quantitative estimate of drug-likeness (QED) is 0.718. The van der Waals surface area contributed by atoms with Crippen LogP contribution < -0.4 is 5.32 Å². The lowest BCUT2D eigenvalue weighted by atomic mass is 9.93. The predicted octanol–water partition coefficient (Wildman–Crippen LogP) is 2.51. The number of rotatable bonds is 8. The molecule has 0 fully saturated rings. The summed E-state index contributed by atoms with van der Waals surface area (Å²) in [6.07, 6.45) is 0.865. The maximum atomic E-state index is 13.7. The van der Waals surface area contributed by atoms with E-state index in [-0.39, 0.29) is 5.82 Å². The molecule has 0 aliphatic rings. The fraction of sp³-hybridized carbons (Fsp3) is 0.571. The predicted molar refractivity (Wildman–Crippen MR) is 77.8 cm³/mol. The Balaban J connectivity index is 2.44. The summed E-state index contributed by atoms with van der Waals surface area (Å²) in [5, 5.41) is 13.4. The van der Waals surface area contributed by atoms with Gasteiger partial charge in [-0.1, -0.05) is 22.0 Å². The Hall–Kier alpha value is -0.490. The number of nitrogens with one attached hydrogen (secondary N) is 1. The Morgan fingerprint density at radius 1 is 1.42 bits per heavy atom. The van der Waals surface area contributed by atoms with E-state index < -0.39 is 5.60 Å². The van der Waals surface area contributed by atoms with Gasteiger partial charge in [0.2, 0.25) is 0 Å². The lowest BCUT2D eigenvalue weighted by Crippen LogP contribution is -2.33. The van der Waals surface area contributed by atoms with Crippen molar-refractivity contribution >= 4 is 15.9 Å². The van der Waals surface area contributed by atoms with Crippen molar-refractivity contribution in [2.75, 3.05) is 26.8 Å². The highest BCUT2D eigenvalue weighted by Crippen LogP contribution is 2.21. The number of hydrogen-bond donors (Lipinski definition) is 2. The molecule has 1 aromatic rings. The molecule has 0 aliphatic heterocycles. The SMILES string of the molecule is COCCNCCC(C)(O)Cc1ccc(Br)cc1F. The fourth-order valence-corrected chi connectivity index (χ4v) is 2.15. The molecule has 5 heteroatoms. The first kappa shape index (κ1) is 16.6. The van der Waals surface area contributed by atoms with Gasteiger partial charge >= 0.3 is 0 Å². The molecule has 1 rings (SSSR count). The zero-order chi connectivity index (χ0) is 14.3. The van der Waals surface area contributed by atoms with Crippen molar-refractivity contribution in [3.63, 3.8) is 0 Å². The number of methoxy groups -OCH3 is 1. The first-order valence-corrected chi connectivity index (χ1v) is 7.10. The maximum absolute atomic E-state index is 13.7. The molecule has 2 N–H and O–H groups in total. The molecule has 0 saturated heterocycles. The van der Waals surface area contributed by atoms with E-state index in [0.29, 0.717) is 36.0 Å². The Kier molecular flexibility index (Phi) is 6.93. The van der Waals surface area contributed by atoms with E-state index in [9.17, 15) is 9.50 Å². The zero-order valence-electron chi connectivity index (χ0n) is 11.4. The van der Waals surface area contributed by atoms with Crippen LogP contribution in [0.3, 0.4) is 0 Å². The molecule has 1 unspecified atom stereocenters. The van der Waals surface area contributed by atoms with Crippen molar-refractivity contribution in [1.29, 1.82) is 0 Å². The summed E-state index contributed by atoms with van der Waals surface area (Å²) in [6, 6.07) is 4.90. The molecule has 1 atom stereocenters. The molecule has 0 aromatic heterocycles. The van der Waals surface area contributed by atoms with Gasteiger partial charge in [0, 0.05) is 24.5 Å². The van der Waals surface area contributed by atoms with Gasteiger partial charge in [0.05, 0.1) is 12.2 Å².